The first kappa shape index (κ1) is 22.1. The van der Waals surface area contributed by atoms with Crippen molar-refractivity contribution < 1.29 is 22.4 Å². The summed E-state index contributed by atoms with van der Waals surface area (Å²) in [4.78, 5) is 18.6. The average molecular weight is 450 g/mol. The lowest BCUT2D eigenvalue weighted by Gasteiger charge is -2.18. The van der Waals surface area contributed by atoms with Crippen molar-refractivity contribution in [1.82, 2.24) is 14.2 Å². The molecule has 0 saturated carbocycles. The molecule has 3 rings (SSSR count). The Bertz CT molecular complexity index is 1160. The lowest BCUT2D eigenvalue weighted by atomic mass is 10.2. The van der Waals surface area contributed by atoms with Crippen LogP contribution in [-0.2, 0) is 21.4 Å². The normalized spacial score (nSPS) is 11.8. The maximum Gasteiger partial charge on any atom is 0.257 e. The van der Waals surface area contributed by atoms with Gasteiger partial charge in [-0.2, -0.15) is 0 Å². The van der Waals surface area contributed by atoms with Gasteiger partial charge in [-0.3, -0.25) is 4.79 Å². The van der Waals surface area contributed by atoms with Gasteiger partial charge in [0.2, 0.25) is 15.9 Å². The zero-order valence-electron chi connectivity index (χ0n) is 17.2. The van der Waals surface area contributed by atoms with Gasteiger partial charge in [-0.15, -0.1) is 0 Å². The lowest BCUT2D eigenvalue weighted by Crippen LogP contribution is -2.28. The highest BCUT2D eigenvalue weighted by molar-refractivity contribution is 7.99. The van der Waals surface area contributed by atoms with Crippen LogP contribution in [0.5, 0.6) is 5.75 Å². The minimum absolute atomic E-state index is 0.0935. The van der Waals surface area contributed by atoms with Crippen LogP contribution in [0.1, 0.15) is 5.56 Å². The van der Waals surface area contributed by atoms with E-state index in [2.05, 4.69) is 4.98 Å². The number of rotatable bonds is 8. The molecule has 0 N–H and O–H groups in total. The third kappa shape index (κ3) is 4.77. The van der Waals surface area contributed by atoms with Crippen LogP contribution in [0.3, 0.4) is 0 Å². The number of hydrogen-bond donors (Lipinski definition) is 0. The first-order chi connectivity index (χ1) is 14.2. The Hall–Kier alpha value is -2.56. The molecule has 0 aliphatic rings. The summed E-state index contributed by atoms with van der Waals surface area (Å²) in [6, 6.07) is 12.0. The number of oxazole rings is 1. The van der Waals surface area contributed by atoms with Crippen LogP contribution in [0.25, 0.3) is 11.1 Å². The monoisotopic (exact) mass is 449 g/mol. The molecule has 0 bridgehead atoms. The Morgan fingerprint density at radius 1 is 1.17 bits per heavy atom. The Morgan fingerprint density at radius 2 is 1.90 bits per heavy atom. The van der Waals surface area contributed by atoms with Crippen molar-refractivity contribution in [3.8, 4) is 5.75 Å². The molecule has 0 spiro atoms. The van der Waals surface area contributed by atoms with Crippen molar-refractivity contribution in [2.45, 2.75) is 16.7 Å². The van der Waals surface area contributed by atoms with E-state index < -0.39 is 10.0 Å². The van der Waals surface area contributed by atoms with E-state index in [4.69, 9.17) is 9.15 Å². The number of benzene rings is 2. The van der Waals surface area contributed by atoms with Gasteiger partial charge >= 0.3 is 0 Å². The fourth-order valence-electron chi connectivity index (χ4n) is 2.73. The molecule has 160 valence electrons. The van der Waals surface area contributed by atoms with Crippen molar-refractivity contribution in [3.05, 3.63) is 48.0 Å². The molecule has 1 amide bonds. The molecule has 10 heteroatoms. The second-order valence-corrected chi connectivity index (χ2v) is 9.83. The summed E-state index contributed by atoms with van der Waals surface area (Å²) in [5.41, 5.74) is 1.80. The third-order valence-corrected chi connectivity index (χ3v) is 7.09. The number of ether oxygens (including phenoxy) is 1. The third-order valence-electron chi connectivity index (χ3n) is 4.46. The van der Waals surface area contributed by atoms with E-state index >= 15 is 0 Å². The molecular formula is C20H23N3O5S2. The molecule has 1 aromatic heterocycles. The van der Waals surface area contributed by atoms with Gasteiger partial charge in [0.05, 0.1) is 17.8 Å². The molecular weight excluding hydrogens is 426 g/mol. The second kappa shape index (κ2) is 9.07. The fraction of sp³-hybridized carbons (Fsp3) is 0.300. The second-order valence-electron chi connectivity index (χ2n) is 6.75. The smallest absolute Gasteiger partial charge is 0.257 e. The van der Waals surface area contributed by atoms with Crippen LogP contribution >= 0.6 is 11.8 Å². The maximum atomic E-state index is 12.5. The first-order valence-corrected chi connectivity index (χ1v) is 11.5. The molecule has 0 aliphatic heterocycles. The zero-order chi connectivity index (χ0) is 21.9. The van der Waals surface area contributed by atoms with Gasteiger partial charge in [-0.25, -0.2) is 17.7 Å². The highest BCUT2D eigenvalue weighted by Crippen LogP contribution is 2.27. The number of carbonyl (C=O) groups excluding carboxylic acids is 1. The molecule has 8 nitrogen and oxygen atoms in total. The van der Waals surface area contributed by atoms with Crippen molar-refractivity contribution >= 4 is 38.8 Å². The lowest BCUT2D eigenvalue weighted by molar-refractivity contribution is -0.127. The standard InChI is InChI=1S/C20H23N3O5S2/c1-22(2)30(25,26)15-9-10-18-16(11-15)21-20(28-18)29-13-19(24)23(3)12-14-7-5-6-8-17(14)27-4/h5-11H,12-13H2,1-4H3. The topological polar surface area (TPSA) is 92.9 Å². The van der Waals surface area contributed by atoms with Gasteiger partial charge in [0, 0.05) is 33.3 Å². The number of sulfonamides is 1. The summed E-state index contributed by atoms with van der Waals surface area (Å²) in [6.45, 7) is 0.419. The van der Waals surface area contributed by atoms with Gasteiger partial charge in [0.25, 0.3) is 5.22 Å². The Morgan fingerprint density at radius 3 is 2.60 bits per heavy atom. The van der Waals surface area contributed by atoms with E-state index in [1.807, 2.05) is 24.3 Å². The molecule has 0 fully saturated rings. The Labute approximate surface area is 179 Å². The van der Waals surface area contributed by atoms with Gasteiger partial charge in [-0.05, 0) is 24.3 Å². The van der Waals surface area contributed by atoms with Crippen LogP contribution in [0.2, 0.25) is 0 Å². The molecule has 0 aliphatic carbocycles. The van der Waals surface area contributed by atoms with Crippen LogP contribution in [-0.4, -0.2) is 62.5 Å². The quantitative estimate of drug-likeness (QED) is 0.488. The summed E-state index contributed by atoms with van der Waals surface area (Å²) in [6.07, 6.45) is 0. The summed E-state index contributed by atoms with van der Waals surface area (Å²) in [7, 11) is 2.70. The number of methoxy groups -OCH3 is 1. The number of fused-ring (bicyclic) bond motifs is 1. The van der Waals surface area contributed by atoms with Crippen molar-refractivity contribution in [3.63, 3.8) is 0 Å². The summed E-state index contributed by atoms with van der Waals surface area (Å²) in [5, 5.41) is 0.309. The summed E-state index contributed by atoms with van der Waals surface area (Å²) < 4.78 is 36.6. The molecule has 0 saturated heterocycles. The van der Waals surface area contributed by atoms with E-state index in [9.17, 15) is 13.2 Å². The van der Waals surface area contributed by atoms with Crippen LogP contribution < -0.4 is 4.74 Å². The van der Waals surface area contributed by atoms with Crippen molar-refractivity contribution in [1.29, 1.82) is 0 Å². The summed E-state index contributed by atoms with van der Waals surface area (Å²) in [5.74, 6) is 0.776. The Balaban J connectivity index is 1.67. The molecule has 1 heterocycles. The fourth-order valence-corrected chi connectivity index (χ4v) is 4.43. The minimum Gasteiger partial charge on any atom is -0.496 e. The first-order valence-electron chi connectivity index (χ1n) is 9.04. The van der Waals surface area contributed by atoms with Crippen LogP contribution in [0.15, 0.2) is 57.0 Å². The van der Waals surface area contributed by atoms with Gasteiger partial charge in [0.15, 0.2) is 5.58 Å². The van der Waals surface area contributed by atoms with Crippen molar-refractivity contribution in [2.24, 2.45) is 0 Å². The zero-order valence-corrected chi connectivity index (χ0v) is 18.8. The van der Waals surface area contributed by atoms with Gasteiger partial charge in [-0.1, -0.05) is 30.0 Å². The highest BCUT2D eigenvalue weighted by atomic mass is 32.2. The van der Waals surface area contributed by atoms with E-state index in [-0.39, 0.29) is 16.6 Å². The summed E-state index contributed by atoms with van der Waals surface area (Å²) >= 11 is 1.16. The van der Waals surface area contributed by atoms with Crippen LogP contribution in [0, 0.1) is 0 Å². The van der Waals surface area contributed by atoms with Crippen molar-refractivity contribution in [2.75, 3.05) is 34.0 Å². The predicted molar refractivity (Wildman–Crippen MR) is 115 cm³/mol. The van der Waals surface area contributed by atoms with E-state index in [1.165, 1.54) is 26.2 Å². The number of aromatic nitrogens is 1. The minimum atomic E-state index is -3.56. The number of amides is 1. The van der Waals surface area contributed by atoms with Gasteiger partial charge in [0.1, 0.15) is 11.3 Å². The van der Waals surface area contributed by atoms with E-state index in [1.54, 1.807) is 25.1 Å². The number of carbonyl (C=O) groups is 1. The van der Waals surface area contributed by atoms with Gasteiger partial charge < -0.3 is 14.1 Å². The Kier molecular flexibility index (Phi) is 6.69. The largest absolute Gasteiger partial charge is 0.496 e. The molecule has 0 atom stereocenters. The molecule has 0 unspecified atom stereocenters. The van der Waals surface area contributed by atoms with Crippen LogP contribution in [0.4, 0.5) is 0 Å². The van der Waals surface area contributed by atoms with E-state index in [0.717, 1.165) is 27.4 Å². The highest BCUT2D eigenvalue weighted by Gasteiger charge is 2.19. The SMILES string of the molecule is COc1ccccc1CN(C)C(=O)CSc1nc2cc(S(=O)(=O)N(C)C)ccc2o1. The number of thioether (sulfide) groups is 1. The number of nitrogens with zero attached hydrogens (tertiary/aromatic N) is 3. The number of hydrogen-bond acceptors (Lipinski definition) is 7. The molecule has 0 radical (unpaired) electrons. The van der Waals surface area contributed by atoms with E-state index in [0.29, 0.717) is 22.9 Å². The maximum absolute atomic E-state index is 12.5. The predicted octanol–water partition coefficient (Wildman–Crippen LogP) is 2.84. The molecule has 3 aromatic rings. The average Bonchev–Trinajstić information content (AvgIpc) is 3.14. The number of para-hydroxylation sites is 1. The molecule has 30 heavy (non-hydrogen) atoms. The molecule has 2 aromatic carbocycles.